The number of nitrogens with zero attached hydrogens (tertiary/aromatic N) is 2. The van der Waals surface area contributed by atoms with Gasteiger partial charge in [-0.05, 0) is 38.0 Å². The number of carbonyl (C=O) groups is 1. The van der Waals surface area contributed by atoms with Crippen LogP contribution in [0.3, 0.4) is 0 Å². The quantitative estimate of drug-likeness (QED) is 0.841. The van der Waals surface area contributed by atoms with Crippen LogP contribution in [0.2, 0.25) is 0 Å². The van der Waals surface area contributed by atoms with E-state index >= 15 is 0 Å². The van der Waals surface area contributed by atoms with Crippen molar-refractivity contribution in [3.05, 3.63) is 35.7 Å². The van der Waals surface area contributed by atoms with Crippen LogP contribution >= 0.6 is 12.4 Å². The summed E-state index contributed by atoms with van der Waals surface area (Å²) in [5.41, 5.74) is 6.88. The topological polar surface area (TPSA) is 94.0 Å². The summed E-state index contributed by atoms with van der Waals surface area (Å²) in [7, 11) is 0. The summed E-state index contributed by atoms with van der Waals surface area (Å²) in [6, 6.07) is 7.86. The molecule has 1 heterocycles. The van der Waals surface area contributed by atoms with Crippen molar-refractivity contribution in [1.82, 2.24) is 15.5 Å². The molecule has 0 bridgehead atoms. The Balaban J connectivity index is 0.00000264. The minimum Gasteiger partial charge on any atom is -0.354 e. The predicted octanol–water partition coefficient (Wildman–Crippen LogP) is 2.12. The Labute approximate surface area is 142 Å². The number of hydrogen-bond donors (Lipinski definition) is 2. The van der Waals surface area contributed by atoms with Gasteiger partial charge in [0.05, 0.1) is 5.54 Å². The maximum Gasteiger partial charge on any atom is 0.257 e. The first-order chi connectivity index (χ1) is 10.4. The van der Waals surface area contributed by atoms with Gasteiger partial charge in [0, 0.05) is 18.5 Å². The van der Waals surface area contributed by atoms with Crippen LogP contribution in [0, 0.1) is 0 Å². The average molecular weight is 339 g/mol. The van der Waals surface area contributed by atoms with Gasteiger partial charge in [0.2, 0.25) is 5.91 Å². The Bertz CT molecular complexity index is 632. The molecular weight excluding hydrogens is 316 g/mol. The third kappa shape index (κ3) is 5.33. The number of aryl methyl sites for hydroxylation is 1. The fourth-order valence-corrected chi connectivity index (χ4v) is 1.88. The van der Waals surface area contributed by atoms with Crippen LogP contribution in [0.4, 0.5) is 0 Å². The largest absolute Gasteiger partial charge is 0.354 e. The molecule has 0 saturated heterocycles. The van der Waals surface area contributed by atoms with Gasteiger partial charge in [0.15, 0.2) is 5.82 Å². The van der Waals surface area contributed by atoms with Crippen LogP contribution in [-0.4, -0.2) is 28.1 Å². The molecule has 126 valence electrons. The molecule has 23 heavy (non-hydrogen) atoms. The lowest BCUT2D eigenvalue weighted by atomic mass is 10.1. The number of carbonyl (C=O) groups excluding carboxylic acids is 1. The molecule has 1 amide bonds. The molecule has 1 aromatic heterocycles. The SMILES string of the molecule is CCc1noc(-c2ccc(CCNC(=O)C(C)(C)N)cc2)n1.Cl. The van der Waals surface area contributed by atoms with Crippen molar-refractivity contribution in [2.45, 2.75) is 39.2 Å². The molecule has 0 aliphatic carbocycles. The minimum absolute atomic E-state index is 0. The van der Waals surface area contributed by atoms with Crippen molar-refractivity contribution in [3.63, 3.8) is 0 Å². The Hall–Kier alpha value is -1.92. The highest BCUT2D eigenvalue weighted by atomic mass is 35.5. The highest BCUT2D eigenvalue weighted by Crippen LogP contribution is 2.18. The Morgan fingerprint density at radius 1 is 1.30 bits per heavy atom. The maximum atomic E-state index is 11.7. The van der Waals surface area contributed by atoms with Crippen LogP contribution in [0.15, 0.2) is 28.8 Å². The van der Waals surface area contributed by atoms with E-state index in [1.807, 2.05) is 31.2 Å². The molecule has 3 N–H and O–H groups in total. The van der Waals surface area contributed by atoms with Gasteiger partial charge in [-0.25, -0.2) is 0 Å². The van der Waals surface area contributed by atoms with Gasteiger partial charge in [-0.15, -0.1) is 12.4 Å². The number of benzene rings is 1. The Kier molecular flexibility index (Phi) is 6.72. The van der Waals surface area contributed by atoms with E-state index in [0.29, 0.717) is 18.3 Å². The lowest BCUT2D eigenvalue weighted by molar-refractivity contribution is -0.125. The Morgan fingerprint density at radius 3 is 2.48 bits per heavy atom. The van der Waals surface area contributed by atoms with Crippen molar-refractivity contribution >= 4 is 18.3 Å². The normalized spacial score (nSPS) is 11.0. The second-order valence-corrected chi connectivity index (χ2v) is 5.79. The fourth-order valence-electron chi connectivity index (χ4n) is 1.88. The van der Waals surface area contributed by atoms with Gasteiger partial charge in [0.1, 0.15) is 0 Å². The highest BCUT2D eigenvalue weighted by molar-refractivity contribution is 5.85. The first kappa shape index (κ1) is 19.1. The summed E-state index contributed by atoms with van der Waals surface area (Å²) in [4.78, 5) is 16.0. The molecule has 0 spiro atoms. The van der Waals surface area contributed by atoms with E-state index in [9.17, 15) is 4.79 Å². The molecule has 1 aromatic carbocycles. The van der Waals surface area contributed by atoms with Crippen molar-refractivity contribution in [3.8, 4) is 11.5 Å². The van der Waals surface area contributed by atoms with E-state index in [4.69, 9.17) is 10.3 Å². The number of halogens is 1. The summed E-state index contributed by atoms with van der Waals surface area (Å²) >= 11 is 0. The van der Waals surface area contributed by atoms with Gasteiger partial charge in [-0.2, -0.15) is 4.98 Å². The molecular formula is C16H23ClN4O2. The van der Waals surface area contributed by atoms with E-state index in [2.05, 4.69) is 15.5 Å². The lowest BCUT2D eigenvalue weighted by Crippen LogP contribution is -2.49. The van der Waals surface area contributed by atoms with Gasteiger partial charge in [-0.3, -0.25) is 4.79 Å². The molecule has 0 saturated carbocycles. The second-order valence-electron chi connectivity index (χ2n) is 5.79. The first-order valence-corrected chi connectivity index (χ1v) is 7.39. The number of amides is 1. The summed E-state index contributed by atoms with van der Waals surface area (Å²) < 4.78 is 5.20. The van der Waals surface area contributed by atoms with Gasteiger partial charge in [-0.1, -0.05) is 24.2 Å². The summed E-state index contributed by atoms with van der Waals surface area (Å²) in [5, 5.41) is 6.70. The van der Waals surface area contributed by atoms with Crippen molar-refractivity contribution < 1.29 is 9.32 Å². The smallest absolute Gasteiger partial charge is 0.257 e. The van der Waals surface area contributed by atoms with Gasteiger partial charge < -0.3 is 15.6 Å². The number of nitrogens with one attached hydrogen (secondary N) is 1. The van der Waals surface area contributed by atoms with E-state index in [1.165, 1.54) is 0 Å². The van der Waals surface area contributed by atoms with Crippen molar-refractivity contribution in [2.24, 2.45) is 5.73 Å². The molecule has 6 nitrogen and oxygen atoms in total. The zero-order chi connectivity index (χ0) is 16.2. The van der Waals surface area contributed by atoms with Crippen molar-refractivity contribution in [2.75, 3.05) is 6.54 Å². The van der Waals surface area contributed by atoms with Crippen LogP contribution in [0.5, 0.6) is 0 Å². The van der Waals surface area contributed by atoms with Crippen molar-refractivity contribution in [1.29, 1.82) is 0 Å². The zero-order valence-electron chi connectivity index (χ0n) is 13.6. The summed E-state index contributed by atoms with van der Waals surface area (Å²) in [6.07, 6.45) is 1.49. The van der Waals surface area contributed by atoms with Gasteiger partial charge >= 0.3 is 0 Å². The van der Waals surface area contributed by atoms with E-state index < -0.39 is 5.54 Å². The molecule has 2 rings (SSSR count). The monoisotopic (exact) mass is 338 g/mol. The molecule has 0 radical (unpaired) electrons. The molecule has 0 aliphatic rings. The maximum absolute atomic E-state index is 11.7. The first-order valence-electron chi connectivity index (χ1n) is 7.39. The third-order valence-electron chi connectivity index (χ3n) is 3.27. The molecule has 0 fully saturated rings. The van der Waals surface area contributed by atoms with E-state index in [-0.39, 0.29) is 18.3 Å². The summed E-state index contributed by atoms with van der Waals surface area (Å²) in [5.74, 6) is 1.08. The fraction of sp³-hybridized carbons (Fsp3) is 0.438. The van der Waals surface area contributed by atoms with Crippen LogP contribution < -0.4 is 11.1 Å². The van der Waals surface area contributed by atoms with E-state index in [1.54, 1.807) is 13.8 Å². The van der Waals surface area contributed by atoms with Crippen LogP contribution in [0.1, 0.15) is 32.2 Å². The number of rotatable bonds is 6. The minimum atomic E-state index is -0.848. The standard InChI is InChI=1S/C16H22N4O2.ClH/c1-4-13-19-14(22-20-13)12-7-5-11(6-8-12)9-10-18-15(21)16(2,3)17;/h5-8H,4,9-10,17H2,1-3H3,(H,18,21);1H. The second kappa shape index (κ2) is 8.08. The molecule has 7 heteroatoms. The summed E-state index contributed by atoms with van der Waals surface area (Å²) in [6.45, 7) is 5.91. The van der Waals surface area contributed by atoms with Crippen LogP contribution in [0.25, 0.3) is 11.5 Å². The molecule has 0 aliphatic heterocycles. The zero-order valence-corrected chi connectivity index (χ0v) is 14.4. The predicted molar refractivity (Wildman–Crippen MR) is 91.3 cm³/mol. The molecule has 0 unspecified atom stereocenters. The highest BCUT2D eigenvalue weighted by Gasteiger charge is 2.20. The number of hydrogen-bond acceptors (Lipinski definition) is 5. The molecule has 2 aromatic rings. The lowest BCUT2D eigenvalue weighted by Gasteiger charge is -2.17. The average Bonchev–Trinajstić information content (AvgIpc) is 2.96. The van der Waals surface area contributed by atoms with E-state index in [0.717, 1.165) is 24.0 Å². The number of aromatic nitrogens is 2. The third-order valence-corrected chi connectivity index (χ3v) is 3.27. The van der Waals surface area contributed by atoms with Gasteiger partial charge in [0.25, 0.3) is 5.89 Å². The Morgan fingerprint density at radius 2 is 1.96 bits per heavy atom. The number of nitrogens with two attached hydrogens (primary N) is 1. The van der Waals surface area contributed by atoms with Crippen LogP contribution in [-0.2, 0) is 17.6 Å². The molecule has 0 atom stereocenters.